The van der Waals surface area contributed by atoms with E-state index < -0.39 is 0 Å². The lowest BCUT2D eigenvalue weighted by atomic mass is 10.1. The molecule has 37 heavy (non-hydrogen) atoms. The molecule has 4 rings (SSSR count). The van der Waals surface area contributed by atoms with Gasteiger partial charge in [0.2, 0.25) is 0 Å². The Labute approximate surface area is 219 Å². The van der Waals surface area contributed by atoms with Crippen LogP contribution in [0.2, 0.25) is 0 Å². The summed E-state index contributed by atoms with van der Waals surface area (Å²) in [6.45, 7) is 0.449. The molecule has 1 aliphatic heterocycles. The van der Waals surface area contributed by atoms with Crippen molar-refractivity contribution in [3.8, 4) is 23.0 Å². The van der Waals surface area contributed by atoms with E-state index in [1.165, 1.54) is 11.8 Å². The highest BCUT2D eigenvalue weighted by molar-refractivity contribution is 8.04. The number of amides is 2. The number of rotatable bonds is 9. The van der Waals surface area contributed by atoms with Gasteiger partial charge < -0.3 is 29.6 Å². The molecular weight excluding hydrogens is 492 g/mol. The van der Waals surface area contributed by atoms with Crippen molar-refractivity contribution in [1.29, 1.82) is 0 Å². The van der Waals surface area contributed by atoms with Crippen molar-refractivity contribution < 1.29 is 28.5 Å². The number of benzene rings is 3. The van der Waals surface area contributed by atoms with Crippen molar-refractivity contribution in [3.05, 3.63) is 76.2 Å². The summed E-state index contributed by atoms with van der Waals surface area (Å²) in [7, 11) is 6.32. The number of nitrogens with one attached hydrogen (secondary N) is 2. The third-order valence-electron chi connectivity index (χ3n) is 5.79. The monoisotopic (exact) mass is 520 g/mol. The Morgan fingerprint density at radius 1 is 0.865 bits per heavy atom. The second-order valence-electron chi connectivity index (χ2n) is 8.09. The molecule has 0 aromatic heterocycles. The smallest absolute Gasteiger partial charge is 0.262 e. The lowest BCUT2D eigenvalue weighted by Crippen LogP contribution is -2.26. The zero-order valence-corrected chi connectivity index (χ0v) is 21.9. The number of fused-ring (bicyclic) bond motifs is 1. The molecule has 0 saturated carbocycles. The molecule has 8 nitrogen and oxygen atoms in total. The number of carbonyl (C=O) groups excluding carboxylic acids is 2. The summed E-state index contributed by atoms with van der Waals surface area (Å²) in [6.07, 6.45) is 2.42. The highest BCUT2D eigenvalue weighted by Crippen LogP contribution is 2.40. The van der Waals surface area contributed by atoms with Gasteiger partial charge in [0, 0.05) is 17.0 Å². The van der Waals surface area contributed by atoms with Gasteiger partial charge in [0.05, 0.1) is 39.0 Å². The van der Waals surface area contributed by atoms with Gasteiger partial charge in [-0.2, -0.15) is 0 Å². The molecule has 2 N–H and O–H groups in total. The van der Waals surface area contributed by atoms with Gasteiger partial charge in [-0.1, -0.05) is 23.9 Å². The number of ether oxygens (including phenoxy) is 4. The summed E-state index contributed by atoms with van der Waals surface area (Å²) in [6, 6.07) is 16.4. The minimum absolute atomic E-state index is 0.214. The molecule has 9 heteroatoms. The Bertz CT molecular complexity index is 1350. The summed E-state index contributed by atoms with van der Waals surface area (Å²) in [5.41, 5.74) is 2.90. The number of carbonyl (C=O) groups is 2. The van der Waals surface area contributed by atoms with Gasteiger partial charge in [0.1, 0.15) is 0 Å². The van der Waals surface area contributed by atoms with Crippen molar-refractivity contribution in [2.24, 2.45) is 0 Å². The number of anilines is 1. The zero-order valence-electron chi connectivity index (χ0n) is 21.0. The molecule has 0 aliphatic carbocycles. The molecule has 192 valence electrons. The normalized spacial score (nSPS) is 13.4. The topological polar surface area (TPSA) is 95.1 Å². The van der Waals surface area contributed by atoms with Crippen LogP contribution in [0.15, 0.2) is 64.4 Å². The van der Waals surface area contributed by atoms with Crippen LogP contribution < -0.4 is 29.6 Å². The molecule has 0 bridgehead atoms. The van der Waals surface area contributed by atoms with Crippen LogP contribution in [-0.4, -0.2) is 46.8 Å². The van der Waals surface area contributed by atoms with E-state index in [1.54, 1.807) is 52.7 Å². The maximum atomic E-state index is 12.8. The van der Waals surface area contributed by atoms with Crippen LogP contribution in [0.1, 0.15) is 21.5 Å². The molecule has 3 aromatic carbocycles. The molecule has 1 heterocycles. The van der Waals surface area contributed by atoms with E-state index in [-0.39, 0.29) is 11.8 Å². The van der Waals surface area contributed by atoms with Crippen molar-refractivity contribution in [3.63, 3.8) is 0 Å². The maximum Gasteiger partial charge on any atom is 0.262 e. The summed E-state index contributed by atoms with van der Waals surface area (Å²) < 4.78 is 21.2. The number of methoxy groups -OCH3 is 4. The Morgan fingerprint density at radius 3 is 2.24 bits per heavy atom. The van der Waals surface area contributed by atoms with Crippen molar-refractivity contribution in [2.75, 3.05) is 40.3 Å². The lowest BCUT2D eigenvalue weighted by Gasteiger charge is -2.19. The molecule has 0 saturated heterocycles. The van der Waals surface area contributed by atoms with Crippen molar-refractivity contribution in [1.82, 2.24) is 5.32 Å². The van der Waals surface area contributed by atoms with E-state index in [4.69, 9.17) is 18.9 Å². The van der Waals surface area contributed by atoms with Crippen LogP contribution in [-0.2, 0) is 11.2 Å². The largest absolute Gasteiger partial charge is 0.493 e. The summed E-state index contributed by atoms with van der Waals surface area (Å²) in [5, 5.41) is 5.82. The maximum absolute atomic E-state index is 12.8. The van der Waals surface area contributed by atoms with E-state index in [9.17, 15) is 9.59 Å². The lowest BCUT2D eigenvalue weighted by molar-refractivity contribution is -0.112. The summed E-state index contributed by atoms with van der Waals surface area (Å²) in [5.74, 6) is 2.05. The first-order chi connectivity index (χ1) is 17.9. The molecule has 0 atom stereocenters. The van der Waals surface area contributed by atoms with Crippen LogP contribution in [0.5, 0.6) is 23.0 Å². The third-order valence-corrected chi connectivity index (χ3v) is 6.89. The van der Waals surface area contributed by atoms with Gasteiger partial charge in [0.25, 0.3) is 11.8 Å². The second kappa shape index (κ2) is 11.7. The average Bonchev–Trinajstić information content (AvgIpc) is 2.92. The Morgan fingerprint density at radius 2 is 1.54 bits per heavy atom. The Kier molecular flexibility index (Phi) is 8.25. The first-order valence-corrected chi connectivity index (χ1v) is 12.3. The highest BCUT2D eigenvalue weighted by Gasteiger charge is 2.22. The first-order valence-electron chi connectivity index (χ1n) is 11.5. The molecule has 0 fully saturated rings. The van der Waals surface area contributed by atoms with Crippen molar-refractivity contribution in [2.45, 2.75) is 11.3 Å². The summed E-state index contributed by atoms with van der Waals surface area (Å²) in [4.78, 5) is 26.9. The van der Waals surface area contributed by atoms with Crippen LogP contribution in [0.25, 0.3) is 6.08 Å². The number of thioether (sulfide) groups is 1. The third kappa shape index (κ3) is 6.00. The van der Waals surface area contributed by atoms with Gasteiger partial charge in [0.15, 0.2) is 23.0 Å². The van der Waals surface area contributed by atoms with Gasteiger partial charge in [-0.15, -0.1) is 0 Å². The fraction of sp³-hybridized carbons (Fsp3) is 0.214. The van der Waals surface area contributed by atoms with Crippen LogP contribution >= 0.6 is 11.8 Å². The van der Waals surface area contributed by atoms with Crippen LogP contribution in [0.3, 0.4) is 0 Å². The van der Waals surface area contributed by atoms with Gasteiger partial charge >= 0.3 is 0 Å². The predicted octanol–water partition coefficient (Wildman–Crippen LogP) is 4.78. The van der Waals surface area contributed by atoms with Gasteiger partial charge in [-0.3, -0.25) is 9.59 Å². The number of hydrogen-bond donors (Lipinski definition) is 2. The standard InChI is InChI=1S/C28H28N2O6S/c1-33-21-8-5-17(13-23(21)35-3)11-12-29-27(31)19-7-10-25-20(16-19)30-28(32)26(37-25)15-18-6-9-22(34-2)24(14-18)36-4/h5-10,13-16H,11-12H2,1-4H3,(H,29,31)(H,30,32)/b26-15+. The first kappa shape index (κ1) is 26.0. The van der Waals surface area contributed by atoms with E-state index >= 15 is 0 Å². The van der Waals surface area contributed by atoms with Crippen molar-refractivity contribution >= 4 is 35.3 Å². The minimum atomic E-state index is -0.238. The Balaban J connectivity index is 1.41. The van der Waals surface area contributed by atoms with Crippen LogP contribution in [0, 0.1) is 0 Å². The van der Waals surface area contributed by atoms with Crippen LogP contribution in [0.4, 0.5) is 5.69 Å². The molecule has 0 unspecified atom stereocenters. The number of hydrogen-bond acceptors (Lipinski definition) is 7. The highest BCUT2D eigenvalue weighted by atomic mass is 32.2. The molecule has 0 radical (unpaired) electrons. The van der Waals surface area contributed by atoms with E-state index in [2.05, 4.69) is 10.6 Å². The molecule has 3 aromatic rings. The SMILES string of the molecule is COc1ccc(/C=C2/Sc3ccc(C(=O)NCCc4ccc(OC)c(OC)c4)cc3NC2=O)cc1OC. The average molecular weight is 521 g/mol. The fourth-order valence-electron chi connectivity index (χ4n) is 3.85. The molecule has 2 amide bonds. The van der Waals surface area contributed by atoms with Gasteiger partial charge in [-0.05, 0) is 66.1 Å². The predicted molar refractivity (Wildman–Crippen MR) is 144 cm³/mol. The van der Waals surface area contributed by atoms with Gasteiger partial charge in [-0.25, -0.2) is 0 Å². The van der Waals surface area contributed by atoms with E-state index in [0.717, 1.165) is 16.0 Å². The zero-order chi connectivity index (χ0) is 26.4. The summed E-state index contributed by atoms with van der Waals surface area (Å²) >= 11 is 1.35. The quantitative estimate of drug-likeness (QED) is 0.392. The fourth-order valence-corrected chi connectivity index (χ4v) is 4.79. The minimum Gasteiger partial charge on any atom is -0.493 e. The Hall–Kier alpha value is -4.11. The van der Waals surface area contributed by atoms with E-state index in [0.29, 0.717) is 52.1 Å². The molecular formula is C28H28N2O6S. The second-order valence-corrected chi connectivity index (χ2v) is 9.17. The molecule has 0 spiro atoms. The molecule has 1 aliphatic rings. The van der Waals surface area contributed by atoms with E-state index in [1.807, 2.05) is 36.4 Å².